The maximum atomic E-state index is 10.3. The molecule has 3 heteroatoms. The second-order valence-electron chi connectivity index (χ2n) is 5.91. The van der Waals surface area contributed by atoms with Gasteiger partial charge in [-0.3, -0.25) is 0 Å². The fraction of sp³-hybridized carbons (Fsp3) is 0.550. The number of ether oxygens (including phenoxy) is 1. The van der Waals surface area contributed by atoms with E-state index >= 15 is 0 Å². The van der Waals surface area contributed by atoms with Crippen LogP contribution in [0.15, 0.2) is 48.0 Å². The molecule has 0 amide bonds. The topological polar surface area (TPSA) is 49.8 Å². The molecule has 1 saturated heterocycles. The number of carbonyl (C=O) groups is 1. The Bertz CT molecular complexity index is 456. The molecule has 0 aromatic heterocycles. The van der Waals surface area contributed by atoms with E-state index in [1.54, 1.807) is 6.08 Å². The Morgan fingerprint density at radius 3 is 2.09 bits per heavy atom. The minimum absolute atomic E-state index is 0.746. The summed E-state index contributed by atoms with van der Waals surface area (Å²) in [4.78, 5) is 10.3. The van der Waals surface area contributed by atoms with Crippen LogP contribution in [0, 0.1) is 0 Å². The molecule has 0 radical (unpaired) electrons. The van der Waals surface area contributed by atoms with Gasteiger partial charge in [0.15, 0.2) is 11.5 Å². The highest BCUT2D eigenvalue weighted by Crippen LogP contribution is 2.31. The van der Waals surface area contributed by atoms with E-state index in [2.05, 4.69) is 13.0 Å². The third-order valence-corrected chi connectivity index (χ3v) is 3.77. The molecule has 1 N–H and O–H groups in total. The monoisotopic (exact) mass is 318 g/mol. The zero-order valence-corrected chi connectivity index (χ0v) is 14.3. The zero-order chi connectivity index (χ0) is 16.8. The van der Waals surface area contributed by atoms with Crippen LogP contribution in [0.5, 0.6) is 0 Å². The van der Waals surface area contributed by atoms with Gasteiger partial charge in [0.05, 0.1) is 0 Å². The summed E-state index contributed by atoms with van der Waals surface area (Å²) < 4.78 is 5.23. The van der Waals surface area contributed by atoms with Gasteiger partial charge in [0.1, 0.15) is 0 Å². The van der Waals surface area contributed by atoms with Gasteiger partial charge < -0.3 is 9.84 Å². The van der Waals surface area contributed by atoms with Crippen molar-refractivity contribution in [2.75, 3.05) is 0 Å². The molecule has 0 atom stereocenters. The Morgan fingerprint density at radius 2 is 1.48 bits per heavy atom. The fourth-order valence-electron chi connectivity index (χ4n) is 2.37. The van der Waals surface area contributed by atoms with Crippen LogP contribution in [0.3, 0.4) is 0 Å². The highest BCUT2D eigenvalue weighted by molar-refractivity contribution is 5.80. The maximum absolute atomic E-state index is 10.3. The molecule has 1 heterocycles. The first-order valence-corrected chi connectivity index (χ1v) is 8.90. The lowest BCUT2D eigenvalue weighted by molar-refractivity contribution is -0.131. The molecule has 1 aliphatic rings. The largest absolute Gasteiger partial charge is 0.478 e. The van der Waals surface area contributed by atoms with Crippen LogP contribution in [-0.4, -0.2) is 11.1 Å². The molecule has 0 aromatic carbocycles. The van der Waals surface area contributed by atoms with E-state index in [1.807, 2.05) is 12.2 Å². The van der Waals surface area contributed by atoms with Crippen molar-refractivity contribution in [3.05, 3.63) is 48.0 Å². The quantitative estimate of drug-likeness (QED) is 0.261. The fourth-order valence-corrected chi connectivity index (χ4v) is 2.37. The number of unbranched alkanes of at least 4 members (excludes halogenated alkanes) is 9. The number of hydrogen-bond acceptors (Lipinski definition) is 2. The molecule has 0 saturated carbocycles. The van der Waals surface area contributed by atoms with Gasteiger partial charge in [-0.05, 0) is 25.0 Å². The summed E-state index contributed by atoms with van der Waals surface area (Å²) in [7, 11) is 0. The summed E-state index contributed by atoms with van der Waals surface area (Å²) >= 11 is 0. The second kappa shape index (κ2) is 12.7. The lowest BCUT2D eigenvalue weighted by Crippen LogP contribution is -1.84. The van der Waals surface area contributed by atoms with Crippen LogP contribution < -0.4 is 0 Å². The van der Waals surface area contributed by atoms with E-state index in [1.165, 1.54) is 63.9 Å². The first kappa shape index (κ1) is 19.3. The predicted octanol–water partition coefficient (Wildman–Crippen LogP) is 5.90. The number of epoxide rings is 1. The zero-order valence-electron chi connectivity index (χ0n) is 14.3. The average molecular weight is 318 g/mol. The number of allylic oxidation sites excluding steroid dienone is 5. The summed E-state index contributed by atoms with van der Waals surface area (Å²) in [6, 6.07) is 0. The van der Waals surface area contributed by atoms with Gasteiger partial charge in [0.25, 0.3) is 0 Å². The van der Waals surface area contributed by atoms with Crippen LogP contribution in [0.2, 0.25) is 0 Å². The number of aliphatic carboxylic acids is 1. The van der Waals surface area contributed by atoms with Gasteiger partial charge >= 0.3 is 5.97 Å². The molecule has 3 nitrogen and oxygen atoms in total. The van der Waals surface area contributed by atoms with Gasteiger partial charge in [-0.2, -0.15) is 0 Å². The van der Waals surface area contributed by atoms with Crippen molar-refractivity contribution < 1.29 is 14.6 Å². The third kappa shape index (κ3) is 11.5. The average Bonchev–Trinajstić information content (AvgIpc) is 3.26. The molecule has 0 aromatic rings. The molecule has 128 valence electrons. The van der Waals surface area contributed by atoms with Crippen LogP contribution in [0.4, 0.5) is 0 Å². The molecule has 1 fully saturated rings. The van der Waals surface area contributed by atoms with E-state index in [0.717, 1.165) is 24.0 Å². The normalized spacial score (nSPS) is 17.4. The van der Waals surface area contributed by atoms with Gasteiger partial charge in [-0.15, -0.1) is 0 Å². The number of rotatable bonds is 13. The summed E-state index contributed by atoms with van der Waals surface area (Å²) in [6.45, 7) is 2.26. The number of carboxylic acids is 1. The highest BCUT2D eigenvalue weighted by atomic mass is 16.6. The van der Waals surface area contributed by atoms with Crippen molar-refractivity contribution in [1.29, 1.82) is 0 Å². The maximum Gasteiger partial charge on any atom is 0.328 e. The smallest absolute Gasteiger partial charge is 0.328 e. The Hall–Kier alpha value is -1.77. The first-order chi connectivity index (χ1) is 11.2. The Labute approximate surface area is 140 Å². The number of hydrogen-bond donors (Lipinski definition) is 1. The van der Waals surface area contributed by atoms with Gasteiger partial charge in [0, 0.05) is 6.08 Å². The SMILES string of the molecule is CCCCCCCCCCCC=CC=C1OC1=CC=CC(=O)O. The van der Waals surface area contributed by atoms with Gasteiger partial charge in [-0.1, -0.05) is 76.5 Å². The van der Waals surface area contributed by atoms with E-state index < -0.39 is 5.97 Å². The molecule has 1 aliphatic heterocycles. The number of carboxylic acid groups (broad SMARTS) is 1. The first-order valence-electron chi connectivity index (χ1n) is 8.90. The van der Waals surface area contributed by atoms with Crippen molar-refractivity contribution >= 4 is 5.97 Å². The minimum Gasteiger partial charge on any atom is -0.478 e. The lowest BCUT2D eigenvalue weighted by Gasteiger charge is -2.00. The van der Waals surface area contributed by atoms with Crippen molar-refractivity contribution in [2.45, 2.75) is 71.1 Å². The van der Waals surface area contributed by atoms with Crippen LogP contribution >= 0.6 is 0 Å². The summed E-state index contributed by atoms with van der Waals surface area (Å²) in [5.41, 5.74) is 0. The van der Waals surface area contributed by atoms with Crippen LogP contribution in [-0.2, 0) is 9.53 Å². The van der Waals surface area contributed by atoms with Crippen molar-refractivity contribution in [1.82, 2.24) is 0 Å². The van der Waals surface area contributed by atoms with Crippen molar-refractivity contribution in [3.63, 3.8) is 0 Å². The molecular formula is C20H30O3. The van der Waals surface area contributed by atoms with Gasteiger partial charge in [-0.25, -0.2) is 4.79 Å². The molecular weight excluding hydrogens is 288 g/mol. The molecule has 1 rings (SSSR count). The molecule has 0 aliphatic carbocycles. The van der Waals surface area contributed by atoms with E-state index in [4.69, 9.17) is 9.84 Å². The summed E-state index contributed by atoms with van der Waals surface area (Å²) in [5.74, 6) is 0.618. The Balaban J connectivity index is 1.95. The van der Waals surface area contributed by atoms with Crippen LogP contribution in [0.25, 0.3) is 0 Å². The summed E-state index contributed by atoms with van der Waals surface area (Å²) in [6.07, 6.45) is 23.6. The van der Waals surface area contributed by atoms with Crippen molar-refractivity contribution in [2.24, 2.45) is 0 Å². The third-order valence-electron chi connectivity index (χ3n) is 3.77. The van der Waals surface area contributed by atoms with Crippen molar-refractivity contribution in [3.8, 4) is 0 Å². The lowest BCUT2D eigenvalue weighted by atomic mass is 10.1. The van der Waals surface area contributed by atoms with Crippen LogP contribution in [0.1, 0.15) is 71.1 Å². The van der Waals surface area contributed by atoms with E-state index in [-0.39, 0.29) is 0 Å². The summed E-state index contributed by atoms with van der Waals surface area (Å²) in [5, 5.41) is 8.46. The van der Waals surface area contributed by atoms with Gasteiger partial charge in [0.2, 0.25) is 0 Å². The molecule has 0 spiro atoms. The predicted molar refractivity (Wildman–Crippen MR) is 95.0 cm³/mol. The Kier molecular flexibility index (Phi) is 10.7. The highest BCUT2D eigenvalue weighted by Gasteiger charge is 2.22. The minimum atomic E-state index is -0.950. The Morgan fingerprint density at radius 1 is 0.913 bits per heavy atom. The van der Waals surface area contributed by atoms with E-state index in [0.29, 0.717) is 0 Å². The molecule has 0 bridgehead atoms. The standard InChI is InChI=1S/C20H30O3/c1-2-3-4-5-6-7-8-9-10-11-12-13-15-18-19(23-18)16-14-17-20(21)22/h12-17H,2-11H2,1H3,(H,21,22). The second-order valence-corrected chi connectivity index (χ2v) is 5.91. The molecule has 23 heavy (non-hydrogen) atoms. The van der Waals surface area contributed by atoms with E-state index in [9.17, 15) is 4.79 Å². The molecule has 0 unspecified atom stereocenters.